The van der Waals surface area contributed by atoms with Crippen molar-refractivity contribution in [3.05, 3.63) is 32.7 Å². The third-order valence-electron chi connectivity index (χ3n) is 2.33. The maximum atomic E-state index is 9.25. The number of aliphatic hydroxyl groups excluding tert-OH is 1. The second kappa shape index (κ2) is 6.74. The number of nitrogens with one attached hydrogen (secondary N) is 1. The molecule has 0 amide bonds. The van der Waals surface area contributed by atoms with Gasteiger partial charge in [-0.3, -0.25) is 0 Å². The van der Waals surface area contributed by atoms with E-state index >= 15 is 0 Å². The van der Waals surface area contributed by atoms with E-state index in [-0.39, 0.29) is 6.10 Å². The van der Waals surface area contributed by atoms with Crippen molar-refractivity contribution in [3.63, 3.8) is 0 Å². The highest BCUT2D eigenvalue weighted by Gasteiger charge is 2.05. The molecule has 2 unspecified atom stereocenters. The molecular weight excluding hydrogens is 334 g/mol. The summed E-state index contributed by atoms with van der Waals surface area (Å²) in [6.07, 6.45) is 0.525. The maximum Gasteiger partial charge on any atom is 0.0526 e. The van der Waals surface area contributed by atoms with Gasteiger partial charge in [0.25, 0.3) is 0 Å². The summed E-state index contributed by atoms with van der Waals surface area (Å²) in [5.74, 6) is 0. The van der Waals surface area contributed by atoms with Gasteiger partial charge in [0.15, 0.2) is 0 Å². The molecular formula is C12H17Br2NO. The summed E-state index contributed by atoms with van der Waals surface area (Å²) < 4.78 is 2.13. The number of hydrogen-bond acceptors (Lipinski definition) is 2. The zero-order valence-corrected chi connectivity index (χ0v) is 12.7. The first-order chi connectivity index (χ1) is 7.49. The minimum Gasteiger partial charge on any atom is -0.393 e. The zero-order chi connectivity index (χ0) is 12.1. The highest BCUT2D eigenvalue weighted by Crippen LogP contribution is 2.23. The fraction of sp³-hybridized carbons (Fsp3) is 0.500. The number of hydrogen-bond donors (Lipinski definition) is 2. The fourth-order valence-corrected chi connectivity index (χ4v) is 2.21. The van der Waals surface area contributed by atoms with Crippen molar-refractivity contribution in [1.29, 1.82) is 0 Å². The van der Waals surface area contributed by atoms with E-state index in [0.717, 1.165) is 21.9 Å². The number of aliphatic hydroxyl groups is 1. The van der Waals surface area contributed by atoms with Gasteiger partial charge in [-0.2, -0.15) is 0 Å². The first kappa shape index (κ1) is 14.2. The molecule has 0 aliphatic rings. The van der Waals surface area contributed by atoms with E-state index in [2.05, 4.69) is 56.2 Å². The smallest absolute Gasteiger partial charge is 0.0526 e. The van der Waals surface area contributed by atoms with E-state index in [1.807, 2.05) is 13.0 Å². The van der Waals surface area contributed by atoms with Crippen molar-refractivity contribution in [1.82, 2.24) is 5.32 Å². The van der Waals surface area contributed by atoms with Crippen molar-refractivity contribution in [2.75, 3.05) is 0 Å². The molecule has 0 fully saturated rings. The van der Waals surface area contributed by atoms with Crippen LogP contribution in [-0.4, -0.2) is 17.3 Å². The third kappa shape index (κ3) is 4.95. The highest BCUT2D eigenvalue weighted by molar-refractivity contribution is 9.13. The maximum absolute atomic E-state index is 9.25. The largest absolute Gasteiger partial charge is 0.393 e. The minimum absolute atomic E-state index is 0.251. The van der Waals surface area contributed by atoms with Gasteiger partial charge < -0.3 is 10.4 Å². The molecule has 0 aromatic heterocycles. The topological polar surface area (TPSA) is 32.3 Å². The second-order valence-corrected chi connectivity index (χ2v) is 5.82. The third-order valence-corrected chi connectivity index (χ3v) is 4.21. The Balaban J connectivity index is 2.45. The fourth-order valence-electron chi connectivity index (χ4n) is 1.54. The molecule has 2 nitrogen and oxygen atoms in total. The molecule has 1 rings (SSSR count). The lowest BCUT2D eigenvalue weighted by molar-refractivity contribution is 0.170. The van der Waals surface area contributed by atoms with Gasteiger partial charge >= 0.3 is 0 Å². The van der Waals surface area contributed by atoms with Crippen molar-refractivity contribution in [2.45, 2.75) is 39.0 Å². The van der Waals surface area contributed by atoms with Crippen LogP contribution in [-0.2, 0) is 6.54 Å². The molecule has 0 bridgehead atoms. The first-order valence-electron chi connectivity index (χ1n) is 5.34. The van der Waals surface area contributed by atoms with Crippen molar-refractivity contribution < 1.29 is 5.11 Å². The number of halogens is 2. The summed E-state index contributed by atoms with van der Waals surface area (Å²) in [6, 6.07) is 6.52. The highest BCUT2D eigenvalue weighted by atomic mass is 79.9. The van der Waals surface area contributed by atoms with Crippen LogP contribution in [0.5, 0.6) is 0 Å². The van der Waals surface area contributed by atoms with Crippen LogP contribution in [0.25, 0.3) is 0 Å². The molecule has 2 N–H and O–H groups in total. The quantitative estimate of drug-likeness (QED) is 0.852. The molecule has 16 heavy (non-hydrogen) atoms. The molecule has 2 atom stereocenters. The van der Waals surface area contributed by atoms with Crippen LogP contribution in [0, 0.1) is 0 Å². The second-order valence-electron chi connectivity index (χ2n) is 4.12. The number of benzene rings is 1. The van der Waals surface area contributed by atoms with Gasteiger partial charge in [-0.1, -0.05) is 6.07 Å². The van der Waals surface area contributed by atoms with Crippen LogP contribution in [0.2, 0.25) is 0 Å². The molecule has 90 valence electrons. The van der Waals surface area contributed by atoms with Gasteiger partial charge in [0.05, 0.1) is 6.10 Å². The molecule has 4 heteroatoms. The Labute approximate surface area is 114 Å². The minimum atomic E-state index is -0.251. The molecule has 0 aliphatic heterocycles. The number of rotatable bonds is 5. The Kier molecular flexibility index (Phi) is 5.97. The monoisotopic (exact) mass is 349 g/mol. The van der Waals surface area contributed by atoms with E-state index in [9.17, 15) is 5.11 Å². The molecule has 0 saturated heterocycles. The standard InChI is InChI=1S/C12H17Br2NO/c1-8(5-9(2)16)15-7-10-3-4-11(13)12(14)6-10/h3-4,6,8-9,15-16H,5,7H2,1-2H3. The van der Waals surface area contributed by atoms with Crippen LogP contribution in [0.3, 0.4) is 0 Å². The molecule has 1 aromatic carbocycles. The predicted octanol–water partition coefficient (Wildman–Crippen LogP) is 3.46. The van der Waals surface area contributed by atoms with Crippen LogP contribution in [0.15, 0.2) is 27.1 Å². The lowest BCUT2D eigenvalue weighted by atomic mass is 10.1. The van der Waals surface area contributed by atoms with Gasteiger partial charge in [0, 0.05) is 21.5 Å². The van der Waals surface area contributed by atoms with Gasteiger partial charge in [0.1, 0.15) is 0 Å². The normalized spacial score (nSPS) is 14.8. The Hall–Kier alpha value is 0.1000. The Morgan fingerprint density at radius 3 is 2.50 bits per heavy atom. The van der Waals surface area contributed by atoms with E-state index < -0.39 is 0 Å². The molecule has 1 aromatic rings. The lowest BCUT2D eigenvalue weighted by Gasteiger charge is -2.15. The van der Waals surface area contributed by atoms with Gasteiger partial charge in [-0.05, 0) is 69.8 Å². The van der Waals surface area contributed by atoms with Crippen molar-refractivity contribution >= 4 is 31.9 Å². The Morgan fingerprint density at radius 2 is 1.94 bits per heavy atom. The van der Waals surface area contributed by atoms with Gasteiger partial charge in [-0.25, -0.2) is 0 Å². The SMILES string of the molecule is CC(O)CC(C)NCc1ccc(Br)c(Br)c1. The van der Waals surface area contributed by atoms with E-state index in [0.29, 0.717) is 6.04 Å². The van der Waals surface area contributed by atoms with Crippen LogP contribution in [0.1, 0.15) is 25.8 Å². The van der Waals surface area contributed by atoms with E-state index in [1.165, 1.54) is 5.56 Å². The summed E-state index contributed by atoms with van der Waals surface area (Å²) in [6.45, 7) is 4.72. The molecule has 0 spiro atoms. The molecule has 0 radical (unpaired) electrons. The first-order valence-corrected chi connectivity index (χ1v) is 6.93. The zero-order valence-electron chi connectivity index (χ0n) is 9.50. The lowest BCUT2D eigenvalue weighted by Crippen LogP contribution is -2.28. The van der Waals surface area contributed by atoms with Gasteiger partial charge in [0.2, 0.25) is 0 Å². The average Bonchev–Trinajstić information content (AvgIpc) is 2.19. The van der Waals surface area contributed by atoms with Crippen molar-refractivity contribution in [2.24, 2.45) is 0 Å². The summed E-state index contributed by atoms with van der Waals surface area (Å²) in [5.41, 5.74) is 1.23. The van der Waals surface area contributed by atoms with E-state index in [1.54, 1.807) is 0 Å². The van der Waals surface area contributed by atoms with Crippen molar-refractivity contribution in [3.8, 4) is 0 Å². The summed E-state index contributed by atoms with van der Waals surface area (Å²) in [7, 11) is 0. The summed E-state index contributed by atoms with van der Waals surface area (Å²) in [4.78, 5) is 0. The van der Waals surface area contributed by atoms with Crippen LogP contribution < -0.4 is 5.32 Å². The van der Waals surface area contributed by atoms with Gasteiger partial charge in [-0.15, -0.1) is 0 Å². The summed E-state index contributed by atoms with van der Waals surface area (Å²) >= 11 is 6.92. The average molecular weight is 351 g/mol. The van der Waals surface area contributed by atoms with Crippen LogP contribution in [0.4, 0.5) is 0 Å². The molecule has 0 saturated carbocycles. The van der Waals surface area contributed by atoms with E-state index in [4.69, 9.17) is 0 Å². The molecule has 0 heterocycles. The predicted molar refractivity (Wildman–Crippen MR) is 74.4 cm³/mol. The molecule has 0 aliphatic carbocycles. The Bertz CT molecular complexity index is 342. The van der Waals surface area contributed by atoms with Crippen LogP contribution >= 0.6 is 31.9 Å². The summed E-state index contributed by atoms with van der Waals surface area (Å²) in [5, 5.41) is 12.6. The Morgan fingerprint density at radius 1 is 1.25 bits per heavy atom.